The number of aryl methyl sites for hydroxylation is 2. The van der Waals surface area contributed by atoms with Crippen molar-refractivity contribution in [1.29, 1.82) is 0 Å². The summed E-state index contributed by atoms with van der Waals surface area (Å²) in [6.07, 6.45) is 0. The lowest BCUT2D eigenvalue weighted by molar-refractivity contribution is -0.121. The van der Waals surface area contributed by atoms with Crippen molar-refractivity contribution in [2.24, 2.45) is 0 Å². The standard InChI is InChI=1S/C19H21NO4/c1-13-6-5-7-15(10-13)20(3)18(21)12-24-19(22)17-9-8-16(23-4)11-14(17)2/h5-11H,12H2,1-4H3. The third-order valence-electron chi connectivity index (χ3n) is 3.74. The Balaban J connectivity index is 1.99. The van der Waals surface area contributed by atoms with Crippen molar-refractivity contribution < 1.29 is 19.1 Å². The Bertz CT molecular complexity index is 755. The molecule has 2 aromatic rings. The molecule has 5 nitrogen and oxygen atoms in total. The fraction of sp³-hybridized carbons (Fsp3) is 0.263. The lowest BCUT2D eigenvalue weighted by atomic mass is 10.1. The molecule has 0 aliphatic heterocycles. The summed E-state index contributed by atoms with van der Waals surface area (Å²) in [4.78, 5) is 25.8. The van der Waals surface area contributed by atoms with E-state index < -0.39 is 5.97 Å². The molecule has 2 aromatic carbocycles. The van der Waals surface area contributed by atoms with Gasteiger partial charge in [0.2, 0.25) is 0 Å². The number of carbonyl (C=O) groups is 2. The number of methoxy groups -OCH3 is 1. The summed E-state index contributed by atoms with van der Waals surface area (Å²) in [5, 5.41) is 0. The molecule has 0 bridgehead atoms. The third-order valence-corrected chi connectivity index (χ3v) is 3.74. The molecule has 0 heterocycles. The van der Waals surface area contributed by atoms with Crippen LogP contribution in [0.25, 0.3) is 0 Å². The molecule has 0 aromatic heterocycles. The highest BCUT2D eigenvalue weighted by molar-refractivity contribution is 5.97. The van der Waals surface area contributed by atoms with Crippen molar-refractivity contribution in [1.82, 2.24) is 0 Å². The molecule has 0 aliphatic rings. The zero-order chi connectivity index (χ0) is 17.7. The highest BCUT2D eigenvalue weighted by Gasteiger charge is 2.16. The molecule has 0 fully saturated rings. The first-order valence-corrected chi connectivity index (χ1v) is 7.57. The van der Waals surface area contributed by atoms with Crippen LogP contribution in [0, 0.1) is 13.8 Å². The minimum Gasteiger partial charge on any atom is -0.497 e. The van der Waals surface area contributed by atoms with Gasteiger partial charge in [0.05, 0.1) is 12.7 Å². The van der Waals surface area contributed by atoms with Gasteiger partial charge < -0.3 is 14.4 Å². The number of nitrogens with zero attached hydrogens (tertiary/aromatic N) is 1. The highest BCUT2D eigenvalue weighted by atomic mass is 16.5. The number of ether oxygens (including phenoxy) is 2. The van der Waals surface area contributed by atoms with Crippen LogP contribution in [-0.2, 0) is 9.53 Å². The maximum absolute atomic E-state index is 12.2. The first-order valence-electron chi connectivity index (χ1n) is 7.57. The SMILES string of the molecule is COc1ccc(C(=O)OCC(=O)N(C)c2cccc(C)c2)c(C)c1. The van der Waals surface area contributed by atoms with Gasteiger partial charge in [0.15, 0.2) is 6.61 Å². The number of anilines is 1. The van der Waals surface area contributed by atoms with Crippen molar-refractivity contribution in [2.45, 2.75) is 13.8 Å². The van der Waals surface area contributed by atoms with Gasteiger partial charge in [-0.05, 0) is 55.3 Å². The second-order valence-electron chi connectivity index (χ2n) is 5.55. The van der Waals surface area contributed by atoms with E-state index in [1.165, 1.54) is 4.90 Å². The average Bonchev–Trinajstić information content (AvgIpc) is 2.58. The molecule has 0 saturated heterocycles. The van der Waals surface area contributed by atoms with Crippen LogP contribution < -0.4 is 9.64 Å². The molecule has 0 aliphatic carbocycles. The minimum absolute atomic E-state index is 0.292. The van der Waals surface area contributed by atoms with Gasteiger partial charge in [-0.2, -0.15) is 0 Å². The van der Waals surface area contributed by atoms with Gasteiger partial charge in [-0.1, -0.05) is 12.1 Å². The average molecular weight is 327 g/mol. The van der Waals surface area contributed by atoms with Gasteiger partial charge in [0.25, 0.3) is 5.91 Å². The number of amides is 1. The Kier molecular flexibility index (Phi) is 5.58. The molecule has 126 valence electrons. The number of carbonyl (C=O) groups excluding carboxylic acids is 2. The van der Waals surface area contributed by atoms with Crippen molar-refractivity contribution in [3.05, 3.63) is 59.2 Å². The van der Waals surface area contributed by atoms with E-state index in [1.807, 2.05) is 31.2 Å². The van der Waals surface area contributed by atoms with Crippen LogP contribution >= 0.6 is 0 Å². The molecule has 0 N–H and O–H groups in total. The molecule has 0 radical (unpaired) electrons. The Morgan fingerprint density at radius 3 is 2.46 bits per heavy atom. The van der Waals surface area contributed by atoms with E-state index in [0.717, 1.165) is 16.8 Å². The van der Waals surface area contributed by atoms with E-state index in [2.05, 4.69) is 0 Å². The molecule has 0 spiro atoms. The summed E-state index contributed by atoms with van der Waals surface area (Å²) in [7, 11) is 3.22. The summed E-state index contributed by atoms with van der Waals surface area (Å²) in [6, 6.07) is 12.6. The molecular weight excluding hydrogens is 306 g/mol. The van der Waals surface area contributed by atoms with Crippen molar-refractivity contribution in [3.63, 3.8) is 0 Å². The number of likely N-dealkylation sites (N-methyl/N-ethyl adjacent to an activating group) is 1. The maximum Gasteiger partial charge on any atom is 0.338 e. The van der Waals surface area contributed by atoms with E-state index >= 15 is 0 Å². The second kappa shape index (κ2) is 7.64. The zero-order valence-corrected chi connectivity index (χ0v) is 14.3. The molecule has 0 atom stereocenters. The lowest BCUT2D eigenvalue weighted by Gasteiger charge is -2.18. The van der Waals surface area contributed by atoms with Crippen molar-refractivity contribution >= 4 is 17.6 Å². The van der Waals surface area contributed by atoms with Crippen LogP contribution in [0.4, 0.5) is 5.69 Å². The Morgan fingerprint density at radius 1 is 1.08 bits per heavy atom. The van der Waals surface area contributed by atoms with Crippen molar-refractivity contribution in [2.75, 3.05) is 25.7 Å². The summed E-state index contributed by atoms with van der Waals surface area (Å²) in [6.45, 7) is 3.43. The topological polar surface area (TPSA) is 55.8 Å². The molecule has 5 heteroatoms. The van der Waals surface area contributed by atoms with Gasteiger partial charge in [-0.15, -0.1) is 0 Å². The highest BCUT2D eigenvalue weighted by Crippen LogP contribution is 2.18. The minimum atomic E-state index is -0.527. The number of hydrogen-bond donors (Lipinski definition) is 0. The molecule has 0 saturated carbocycles. The number of benzene rings is 2. The molecular formula is C19H21NO4. The Labute approximate surface area is 141 Å². The van der Waals surface area contributed by atoms with Crippen LogP contribution in [-0.4, -0.2) is 32.6 Å². The smallest absolute Gasteiger partial charge is 0.338 e. The normalized spacial score (nSPS) is 10.2. The van der Waals surface area contributed by atoms with Gasteiger partial charge in [-0.25, -0.2) is 4.79 Å². The Morgan fingerprint density at radius 2 is 1.83 bits per heavy atom. The fourth-order valence-electron chi connectivity index (χ4n) is 2.27. The predicted molar refractivity (Wildman–Crippen MR) is 92.6 cm³/mol. The van der Waals surface area contributed by atoms with E-state index in [0.29, 0.717) is 11.3 Å². The largest absolute Gasteiger partial charge is 0.497 e. The quantitative estimate of drug-likeness (QED) is 0.792. The predicted octanol–water partition coefficient (Wildman–Crippen LogP) is 3.13. The van der Waals surface area contributed by atoms with Crippen molar-refractivity contribution in [3.8, 4) is 5.75 Å². The van der Waals surface area contributed by atoms with Gasteiger partial charge in [0, 0.05) is 12.7 Å². The van der Waals surface area contributed by atoms with E-state index in [9.17, 15) is 9.59 Å². The molecule has 24 heavy (non-hydrogen) atoms. The van der Waals surface area contributed by atoms with Crippen LogP contribution in [0.1, 0.15) is 21.5 Å². The summed E-state index contributed by atoms with van der Waals surface area (Å²) >= 11 is 0. The van der Waals surface area contributed by atoms with Crippen LogP contribution in [0.3, 0.4) is 0 Å². The Hall–Kier alpha value is -2.82. The fourth-order valence-corrected chi connectivity index (χ4v) is 2.27. The lowest BCUT2D eigenvalue weighted by Crippen LogP contribution is -2.31. The first-order chi connectivity index (χ1) is 11.4. The van der Waals surface area contributed by atoms with E-state index in [4.69, 9.17) is 9.47 Å². The number of rotatable bonds is 5. The molecule has 0 unspecified atom stereocenters. The zero-order valence-electron chi connectivity index (χ0n) is 14.3. The monoisotopic (exact) mass is 327 g/mol. The van der Waals surface area contributed by atoms with E-state index in [1.54, 1.807) is 39.3 Å². The van der Waals surface area contributed by atoms with Gasteiger partial charge >= 0.3 is 5.97 Å². The summed E-state index contributed by atoms with van der Waals surface area (Å²) in [5.41, 5.74) is 2.97. The molecule has 2 rings (SSSR count). The van der Waals surface area contributed by atoms with E-state index in [-0.39, 0.29) is 12.5 Å². The summed E-state index contributed by atoms with van der Waals surface area (Å²) < 4.78 is 10.3. The van der Waals surface area contributed by atoms with Gasteiger partial charge in [0.1, 0.15) is 5.75 Å². The molecule has 1 amide bonds. The van der Waals surface area contributed by atoms with Crippen LogP contribution in [0.2, 0.25) is 0 Å². The number of esters is 1. The van der Waals surface area contributed by atoms with Gasteiger partial charge in [-0.3, -0.25) is 4.79 Å². The van der Waals surface area contributed by atoms with Crippen LogP contribution in [0.5, 0.6) is 5.75 Å². The van der Waals surface area contributed by atoms with Crippen LogP contribution in [0.15, 0.2) is 42.5 Å². The summed E-state index contributed by atoms with van der Waals surface area (Å²) in [5.74, 6) is -0.152. The number of hydrogen-bond acceptors (Lipinski definition) is 4. The second-order valence-corrected chi connectivity index (χ2v) is 5.55. The third kappa shape index (κ3) is 4.13. The maximum atomic E-state index is 12.2. The first kappa shape index (κ1) is 17.5.